The molecule has 0 fully saturated rings. The number of fused-ring (bicyclic) bond motifs is 1. The van der Waals surface area contributed by atoms with E-state index in [9.17, 15) is 9.59 Å². The highest BCUT2D eigenvalue weighted by Crippen LogP contribution is 2.03. The lowest BCUT2D eigenvalue weighted by molar-refractivity contribution is -0.126. The molecule has 2 amide bonds. The zero-order chi connectivity index (χ0) is 18.4. The van der Waals surface area contributed by atoms with Crippen LogP contribution in [-0.4, -0.2) is 32.5 Å². The molecule has 2 N–H and O–H groups in total. The van der Waals surface area contributed by atoms with Crippen molar-refractivity contribution in [2.75, 3.05) is 0 Å². The van der Waals surface area contributed by atoms with Crippen molar-refractivity contribution in [3.8, 4) is 0 Å². The van der Waals surface area contributed by atoms with Crippen LogP contribution in [0.1, 0.15) is 18.3 Å². The number of hydrogen-bond donors (Lipinski definition) is 2. The number of aromatic nitrogens is 3. The summed E-state index contributed by atoms with van der Waals surface area (Å²) in [5, 5.41) is 13.5. The van der Waals surface area contributed by atoms with Gasteiger partial charge in [0.2, 0.25) is 11.8 Å². The summed E-state index contributed by atoms with van der Waals surface area (Å²) in [7, 11) is 0. The van der Waals surface area contributed by atoms with Crippen LogP contribution >= 0.6 is 0 Å². The molecule has 1 aromatic carbocycles. The first kappa shape index (κ1) is 17.3. The minimum atomic E-state index is -0.665. The van der Waals surface area contributed by atoms with E-state index in [1.54, 1.807) is 17.4 Å². The van der Waals surface area contributed by atoms with Crippen LogP contribution in [0.2, 0.25) is 0 Å². The van der Waals surface area contributed by atoms with Crippen molar-refractivity contribution in [3.63, 3.8) is 0 Å². The van der Waals surface area contributed by atoms with Crippen LogP contribution in [0.25, 0.3) is 11.7 Å². The normalized spacial score (nSPS) is 12.2. The molecule has 7 heteroatoms. The van der Waals surface area contributed by atoms with Crippen LogP contribution in [0.5, 0.6) is 0 Å². The number of rotatable bonds is 6. The molecule has 3 rings (SSSR count). The summed E-state index contributed by atoms with van der Waals surface area (Å²) in [6.45, 7) is 1.86. The van der Waals surface area contributed by atoms with E-state index in [4.69, 9.17) is 0 Å². The van der Waals surface area contributed by atoms with Crippen molar-refractivity contribution in [3.05, 3.63) is 72.2 Å². The maximum absolute atomic E-state index is 12.2. The third kappa shape index (κ3) is 4.32. The Kier molecular flexibility index (Phi) is 5.38. The van der Waals surface area contributed by atoms with Crippen LogP contribution < -0.4 is 10.6 Å². The standard InChI is InChI=1S/C19H19N5O2/c1-14(21-18(25)11-10-15-7-3-2-4-8-15)19(26)20-13-17-23-22-16-9-5-6-12-24(16)17/h2-12,14H,13H2,1H3,(H,20,26)(H,21,25)/b11-10+. The van der Waals surface area contributed by atoms with E-state index < -0.39 is 6.04 Å². The van der Waals surface area contributed by atoms with Crippen molar-refractivity contribution in [1.82, 2.24) is 25.2 Å². The van der Waals surface area contributed by atoms with E-state index in [1.807, 2.05) is 54.7 Å². The number of carbonyl (C=O) groups excluding carboxylic acids is 2. The molecule has 132 valence electrons. The molecule has 0 aliphatic heterocycles. The SMILES string of the molecule is CC(NC(=O)/C=C/c1ccccc1)C(=O)NCc1nnc2ccccn12. The predicted molar refractivity (Wildman–Crippen MR) is 97.9 cm³/mol. The van der Waals surface area contributed by atoms with Gasteiger partial charge in [-0.1, -0.05) is 36.4 Å². The second-order valence-corrected chi connectivity index (χ2v) is 5.74. The molecule has 3 aromatic rings. The molecule has 0 spiro atoms. The highest BCUT2D eigenvalue weighted by Gasteiger charge is 2.15. The van der Waals surface area contributed by atoms with Gasteiger partial charge in [0.25, 0.3) is 0 Å². The first-order chi connectivity index (χ1) is 12.6. The zero-order valence-electron chi connectivity index (χ0n) is 14.3. The quantitative estimate of drug-likeness (QED) is 0.661. The number of benzene rings is 1. The molecule has 2 aromatic heterocycles. The second kappa shape index (κ2) is 8.06. The minimum Gasteiger partial charge on any atom is -0.347 e. The van der Waals surface area contributed by atoms with Gasteiger partial charge in [0.1, 0.15) is 6.04 Å². The lowest BCUT2D eigenvalue weighted by Crippen LogP contribution is -2.44. The average molecular weight is 349 g/mol. The van der Waals surface area contributed by atoms with E-state index >= 15 is 0 Å². The number of pyridine rings is 1. The van der Waals surface area contributed by atoms with Crippen LogP contribution in [0, 0.1) is 0 Å². The largest absolute Gasteiger partial charge is 0.347 e. The summed E-state index contributed by atoms with van der Waals surface area (Å²) in [5.41, 5.74) is 1.63. The highest BCUT2D eigenvalue weighted by atomic mass is 16.2. The van der Waals surface area contributed by atoms with Gasteiger partial charge in [0.05, 0.1) is 6.54 Å². The van der Waals surface area contributed by atoms with Crippen molar-refractivity contribution in [2.24, 2.45) is 0 Å². The molecule has 0 saturated carbocycles. The average Bonchev–Trinajstić information content (AvgIpc) is 3.08. The van der Waals surface area contributed by atoms with Crippen LogP contribution in [-0.2, 0) is 16.1 Å². The second-order valence-electron chi connectivity index (χ2n) is 5.74. The number of nitrogens with one attached hydrogen (secondary N) is 2. The maximum atomic E-state index is 12.2. The van der Waals surface area contributed by atoms with Crippen LogP contribution in [0.15, 0.2) is 60.8 Å². The Morgan fingerprint density at radius 3 is 2.69 bits per heavy atom. The Morgan fingerprint density at radius 1 is 1.12 bits per heavy atom. The van der Waals surface area contributed by atoms with Crippen molar-refractivity contribution < 1.29 is 9.59 Å². The third-order valence-electron chi connectivity index (χ3n) is 3.78. The lowest BCUT2D eigenvalue weighted by Gasteiger charge is -2.12. The van der Waals surface area contributed by atoms with E-state index in [2.05, 4.69) is 20.8 Å². The molecule has 0 bridgehead atoms. The Balaban J connectivity index is 1.51. The zero-order valence-corrected chi connectivity index (χ0v) is 14.3. The van der Waals surface area contributed by atoms with Crippen molar-refractivity contribution >= 4 is 23.5 Å². The molecule has 2 heterocycles. The van der Waals surface area contributed by atoms with Gasteiger partial charge in [0, 0.05) is 12.3 Å². The van der Waals surface area contributed by atoms with Gasteiger partial charge in [-0.15, -0.1) is 10.2 Å². The van der Waals surface area contributed by atoms with Gasteiger partial charge in [0.15, 0.2) is 11.5 Å². The van der Waals surface area contributed by atoms with Crippen molar-refractivity contribution in [1.29, 1.82) is 0 Å². The molecule has 0 radical (unpaired) electrons. The number of carbonyl (C=O) groups is 2. The molecule has 1 atom stereocenters. The topological polar surface area (TPSA) is 88.4 Å². The summed E-state index contributed by atoms with van der Waals surface area (Å²) in [5.74, 6) is 0.0000211. The van der Waals surface area contributed by atoms with Crippen LogP contribution in [0.3, 0.4) is 0 Å². The molecule has 7 nitrogen and oxygen atoms in total. The third-order valence-corrected chi connectivity index (χ3v) is 3.78. The van der Waals surface area contributed by atoms with E-state index in [-0.39, 0.29) is 18.4 Å². The molecule has 0 aliphatic rings. The summed E-state index contributed by atoms with van der Waals surface area (Å²) in [4.78, 5) is 24.1. The van der Waals surface area contributed by atoms with E-state index in [1.165, 1.54) is 6.08 Å². The predicted octanol–water partition coefficient (Wildman–Crippen LogP) is 1.56. The Morgan fingerprint density at radius 2 is 1.88 bits per heavy atom. The summed E-state index contributed by atoms with van der Waals surface area (Å²) < 4.78 is 1.80. The fourth-order valence-corrected chi connectivity index (χ4v) is 2.39. The molecule has 1 unspecified atom stereocenters. The maximum Gasteiger partial charge on any atom is 0.244 e. The fraction of sp³-hybridized carbons (Fsp3) is 0.158. The minimum absolute atomic E-state index is 0.226. The first-order valence-electron chi connectivity index (χ1n) is 8.23. The monoisotopic (exact) mass is 349 g/mol. The van der Waals surface area contributed by atoms with Gasteiger partial charge >= 0.3 is 0 Å². The number of amides is 2. The first-order valence-corrected chi connectivity index (χ1v) is 8.23. The van der Waals surface area contributed by atoms with Gasteiger partial charge < -0.3 is 10.6 Å². The summed E-state index contributed by atoms with van der Waals surface area (Å²) in [6, 6.07) is 14.4. The van der Waals surface area contributed by atoms with Crippen molar-refractivity contribution in [2.45, 2.75) is 19.5 Å². The highest BCUT2D eigenvalue weighted by molar-refractivity contribution is 5.95. The Labute approximate surface area is 150 Å². The summed E-state index contributed by atoms with van der Waals surface area (Å²) in [6.07, 6.45) is 4.93. The molecular formula is C19H19N5O2. The van der Waals surface area contributed by atoms with Gasteiger partial charge in [-0.25, -0.2) is 0 Å². The number of nitrogens with zero attached hydrogens (tertiary/aromatic N) is 3. The van der Waals surface area contributed by atoms with Gasteiger partial charge in [-0.2, -0.15) is 0 Å². The van der Waals surface area contributed by atoms with Crippen LogP contribution in [0.4, 0.5) is 0 Å². The molecule has 0 aliphatic carbocycles. The Hall–Kier alpha value is -3.48. The number of hydrogen-bond acceptors (Lipinski definition) is 4. The molecule has 26 heavy (non-hydrogen) atoms. The fourth-order valence-electron chi connectivity index (χ4n) is 2.39. The molecule has 0 saturated heterocycles. The van der Waals surface area contributed by atoms with Gasteiger partial charge in [-0.05, 0) is 30.7 Å². The lowest BCUT2D eigenvalue weighted by atomic mass is 10.2. The van der Waals surface area contributed by atoms with E-state index in [0.717, 1.165) is 5.56 Å². The molecular weight excluding hydrogens is 330 g/mol. The smallest absolute Gasteiger partial charge is 0.244 e. The van der Waals surface area contributed by atoms with Gasteiger partial charge in [-0.3, -0.25) is 14.0 Å². The Bertz CT molecular complexity index is 933. The summed E-state index contributed by atoms with van der Waals surface area (Å²) >= 11 is 0. The van der Waals surface area contributed by atoms with E-state index in [0.29, 0.717) is 11.5 Å².